The quantitative estimate of drug-likeness (QED) is 0.607. The lowest BCUT2D eigenvalue weighted by Gasteiger charge is -2.09. The number of ether oxygens (including phenoxy) is 2. The summed E-state index contributed by atoms with van der Waals surface area (Å²) in [7, 11) is 0. The summed E-state index contributed by atoms with van der Waals surface area (Å²) in [4.78, 5) is 11.7. The zero-order valence-corrected chi connectivity index (χ0v) is 10.9. The molecule has 1 aromatic rings. The number of nitrogen functional groups attached to an aromatic ring is 1. The van der Waals surface area contributed by atoms with E-state index < -0.39 is 0 Å². The first-order valence-corrected chi connectivity index (χ1v) is 6.59. The van der Waals surface area contributed by atoms with Crippen LogP contribution in [0.25, 0.3) is 0 Å². The number of benzene rings is 1. The van der Waals surface area contributed by atoms with Crippen molar-refractivity contribution in [2.45, 2.75) is 25.4 Å². The van der Waals surface area contributed by atoms with E-state index in [2.05, 4.69) is 5.32 Å². The maximum absolute atomic E-state index is 11.7. The van der Waals surface area contributed by atoms with Crippen LogP contribution in [0.4, 0.5) is 11.4 Å². The van der Waals surface area contributed by atoms with Gasteiger partial charge in [-0.1, -0.05) is 0 Å². The summed E-state index contributed by atoms with van der Waals surface area (Å²) in [6, 6.07) is 7.11. The maximum Gasteiger partial charge on any atom is 0.224 e. The Hall–Kier alpha value is -1.59. The van der Waals surface area contributed by atoms with Gasteiger partial charge in [-0.05, 0) is 37.1 Å². The molecule has 19 heavy (non-hydrogen) atoms. The highest BCUT2D eigenvalue weighted by molar-refractivity contribution is 5.90. The second-order valence-electron chi connectivity index (χ2n) is 4.63. The predicted molar refractivity (Wildman–Crippen MR) is 73.9 cm³/mol. The van der Waals surface area contributed by atoms with Gasteiger partial charge in [0, 0.05) is 31.0 Å². The number of rotatable bonds is 6. The molecule has 1 aliphatic heterocycles. The molecule has 2 rings (SSSR count). The Morgan fingerprint density at radius 1 is 1.42 bits per heavy atom. The molecule has 5 nitrogen and oxygen atoms in total. The molecule has 1 aromatic carbocycles. The van der Waals surface area contributed by atoms with Crippen LogP contribution in [0.1, 0.15) is 19.3 Å². The van der Waals surface area contributed by atoms with Crippen LogP contribution in [-0.2, 0) is 14.3 Å². The normalized spacial score (nSPS) is 18.4. The van der Waals surface area contributed by atoms with E-state index in [1.807, 2.05) is 0 Å². The van der Waals surface area contributed by atoms with Crippen molar-refractivity contribution in [2.75, 3.05) is 30.9 Å². The summed E-state index contributed by atoms with van der Waals surface area (Å²) < 4.78 is 10.8. The average molecular weight is 264 g/mol. The van der Waals surface area contributed by atoms with Crippen LogP contribution in [0.5, 0.6) is 0 Å². The largest absolute Gasteiger partial charge is 0.399 e. The van der Waals surface area contributed by atoms with Gasteiger partial charge >= 0.3 is 0 Å². The van der Waals surface area contributed by atoms with Crippen molar-refractivity contribution >= 4 is 17.3 Å². The van der Waals surface area contributed by atoms with Crippen molar-refractivity contribution in [1.29, 1.82) is 0 Å². The van der Waals surface area contributed by atoms with Gasteiger partial charge in [0.2, 0.25) is 5.91 Å². The number of nitrogens with one attached hydrogen (secondary N) is 1. The molecule has 1 aliphatic rings. The number of hydrogen-bond acceptors (Lipinski definition) is 4. The first kappa shape index (κ1) is 13.8. The van der Waals surface area contributed by atoms with Gasteiger partial charge in [-0.3, -0.25) is 4.79 Å². The third kappa shape index (κ3) is 4.89. The minimum Gasteiger partial charge on any atom is -0.399 e. The number of carbonyl (C=O) groups is 1. The van der Waals surface area contributed by atoms with Crippen LogP contribution in [0.2, 0.25) is 0 Å². The predicted octanol–water partition coefficient (Wildman–Crippen LogP) is 1.79. The fourth-order valence-electron chi connectivity index (χ4n) is 1.92. The Balaban J connectivity index is 1.60. The fourth-order valence-corrected chi connectivity index (χ4v) is 1.92. The summed E-state index contributed by atoms with van der Waals surface area (Å²) in [5.74, 6) is -0.00366. The molecule has 0 aliphatic carbocycles. The highest BCUT2D eigenvalue weighted by Gasteiger charge is 2.15. The van der Waals surface area contributed by atoms with Crippen LogP contribution in [0.15, 0.2) is 24.3 Å². The lowest BCUT2D eigenvalue weighted by atomic mass is 10.2. The Morgan fingerprint density at radius 2 is 2.21 bits per heavy atom. The molecule has 0 radical (unpaired) electrons. The van der Waals surface area contributed by atoms with Crippen molar-refractivity contribution in [3.63, 3.8) is 0 Å². The lowest BCUT2D eigenvalue weighted by molar-refractivity contribution is -0.116. The minimum absolute atomic E-state index is 0.00366. The summed E-state index contributed by atoms with van der Waals surface area (Å²) in [6.45, 7) is 2.06. The van der Waals surface area contributed by atoms with Crippen LogP contribution in [-0.4, -0.2) is 31.8 Å². The molecule has 104 valence electrons. The van der Waals surface area contributed by atoms with Gasteiger partial charge in [-0.15, -0.1) is 0 Å². The van der Waals surface area contributed by atoms with Gasteiger partial charge < -0.3 is 20.5 Å². The second kappa shape index (κ2) is 7.11. The topological polar surface area (TPSA) is 73.6 Å². The van der Waals surface area contributed by atoms with E-state index in [0.717, 1.165) is 25.1 Å². The Bertz CT molecular complexity index is 400. The highest BCUT2D eigenvalue weighted by Crippen LogP contribution is 2.12. The highest BCUT2D eigenvalue weighted by atomic mass is 16.5. The lowest BCUT2D eigenvalue weighted by Crippen LogP contribution is -2.16. The molecule has 1 heterocycles. The smallest absolute Gasteiger partial charge is 0.224 e. The van der Waals surface area contributed by atoms with Crippen molar-refractivity contribution in [2.24, 2.45) is 0 Å². The zero-order chi connectivity index (χ0) is 13.5. The minimum atomic E-state index is -0.00366. The number of nitrogens with two attached hydrogens (primary N) is 1. The van der Waals surface area contributed by atoms with Crippen molar-refractivity contribution < 1.29 is 14.3 Å². The summed E-state index contributed by atoms with van der Waals surface area (Å²) in [6.07, 6.45) is 2.34. The van der Waals surface area contributed by atoms with Gasteiger partial charge in [0.1, 0.15) is 0 Å². The molecule has 1 unspecified atom stereocenters. The van der Waals surface area contributed by atoms with Crippen molar-refractivity contribution in [3.05, 3.63) is 24.3 Å². The number of carbonyl (C=O) groups excluding carboxylic acids is 1. The first-order valence-electron chi connectivity index (χ1n) is 6.59. The molecular weight excluding hydrogens is 244 g/mol. The van der Waals surface area contributed by atoms with Crippen molar-refractivity contribution in [1.82, 2.24) is 0 Å². The van der Waals surface area contributed by atoms with Crippen LogP contribution < -0.4 is 11.1 Å². The molecule has 1 amide bonds. The average Bonchev–Trinajstić information content (AvgIpc) is 2.91. The van der Waals surface area contributed by atoms with Gasteiger partial charge in [-0.25, -0.2) is 0 Å². The second-order valence-corrected chi connectivity index (χ2v) is 4.63. The molecule has 0 aromatic heterocycles. The SMILES string of the molecule is Nc1ccc(NC(=O)CCCOC2CCOC2)cc1. The molecule has 1 saturated heterocycles. The molecule has 0 spiro atoms. The molecular formula is C14H20N2O3. The Morgan fingerprint density at radius 3 is 2.89 bits per heavy atom. The van der Waals surface area contributed by atoms with E-state index in [0.29, 0.717) is 25.3 Å². The van der Waals surface area contributed by atoms with Crippen LogP contribution >= 0.6 is 0 Å². The van der Waals surface area contributed by atoms with Gasteiger partial charge in [0.15, 0.2) is 0 Å². The van der Waals surface area contributed by atoms with Crippen molar-refractivity contribution in [3.8, 4) is 0 Å². The first-order chi connectivity index (χ1) is 9.24. The van der Waals surface area contributed by atoms with Gasteiger partial charge in [0.05, 0.1) is 12.7 Å². The van der Waals surface area contributed by atoms with E-state index in [1.54, 1.807) is 24.3 Å². The molecule has 0 saturated carbocycles. The van der Waals surface area contributed by atoms with E-state index in [4.69, 9.17) is 15.2 Å². The van der Waals surface area contributed by atoms with Crippen LogP contribution in [0, 0.1) is 0 Å². The molecule has 3 N–H and O–H groups in total. The van der Waals surface area contributed by atoms with E-state index in [-0.39, 0.29) is 12.0 Å². The van der Waals surface area contributed by atoms with E-state index in [1.165, 1.54) is 0 Å². The maximum atomic E-state index is 11.7. The number of anilines is 2. The molecule has 5 heteroatoms. The Kier molecular flexibility index (Phi) is 5.18. The monoisotopic (exact) mass is 264 g/mol. The molecule has 1 fully saturated rings. The van der Waals surface area contributed by atoms with Gasteiger partial charge in [0.25, 0.3) is 0 Å². The standard InChI is InChI=1S/C14H20N2O3/c15-11-3-5-12(6-4-11)16-14(17)2-1-8-19-13-7-9-18-10-13/h3-6,13H,1-2,7-10,15H2,(H,16,17). The molecule has 0 bridgehead atoms. The fraction of sp³-hybridized carbons (Fsp3) is 0.500. The van der Waals surface area contributed by atoms with E-state index in [9.17, 15) is 4.79 Å². The zero-order valence-electron chi connectivity index (χ0n) is 10.9. The van der Waals surface area contributed by atoms with Crippen LogP contribution in [0.3, 0.4) is 0 Å². The van der Waals surface area contributed by atoms with Gasteiger partial charge in [-0.2, -0.15) is 0 Å². The van der Waals surface area contributed by atoms with E-state index >= 15 is 0 Å². The summed E-state index contributed by atoms with van der Waals surface area (Å²) in [5.41, 5.74) is 7.03. The summed E-state index contributed by atoms with van der Waals surface area (Å²) >= 11 is 0. The third-order valence-corrected chi connectivity index (χ3v) is 2.98. The molecule has 1 atom stereocenters. The summed E-state index contributed by atoms with van der Waals surface area (Å²) in [5, 5.41) is 2.82. The number of amides is 1. The third-order valence-electron chi connectivity index (χ3n) is 2.98. The Labute approximate surface area is 113 Å². The number of hydrogen-bond donors (Lipinski definition) is 2.